The highest BCUT2D eigenvalue weighted by Gasteiger charge is 2.29. The van der Waals surface area contributed by atoms with Crippen molar-refractivity contribution in [3.05, 3.63) is 118 Å². The van der Waals surface area contributed by atoms with Crippen molar-refractivity contribution in [2.75, 3.05) is 0 Å². The molecule has 6 rings (SSSR count). The van der Waals surface area contributed by atoms with Gasteiger partial charge in [-0.2, -0.15) is 11.1 Å². The van der Waals surface area contributed by atoms with E-state index in [-0.39, 0.29) is 5.54 Å². The third kappa shape index (κ3) is 2.58. The lowest BCUT2D eigenvalue weighted by Gasteiger charge is -2.21. The molecule has 0 nitrogen and oxygen atoms in total. The van der Waals surface area contributed by atoms with Crippen LogP contribution in [-0.4, -0.2) is 8.83 Å². The Bertz CT molecular complexity index is 1160. The summed E-state index contributed by atoms with van der Waals surface area (Å²) < 4.78 is 0. The van der Waals surface area contributed by atoms with Gasteiger partial charge in [0, 0.05) is 5.54 Å². The third-order valence-electron chi connectivity index (χ3n) is 6.51. The number of hydrogen-bond acceptors (Lipinski definition) is 0. The summed E-state index contributed by atoms with van der Waals surface area (Å²) in [6.45, 7) is 0. The fourth-order valence-corrected chi connectivity index (χ4v) is 6.67. The zero-order chi connectivity index (χ0) is 19.4. The van der Waals surface area contributed by atoms with Gasteiger partial charge in [-0.25, -0.2) is 0 Å². The molecule has 0 aliphatic heterocycles. The summed E-state index contributed by atoms with van der Waals surface area (Å²) >= 11 is 6.69. The first-order valence-electron chi connectivity index (χ1n) is 10.1. The van der Waals surface area contributed by atoms with Gasteiger partial charge in [0.25, 0.3) is 0 Å². The summed E-state index contributed by atoms with van der Waals surface area (Å²) in [7, 11) is 0.316. The van der Waals surface area contributed by atoms with Crippen molar-refractivity contribution in [1.29, 1.82) is 0 Å². The van der Waals surface area contributed by atoms with Gasteiger partial charge in [0.15, 0.2) is 8.83 Å². The fraction of sp³-hybridized carbons (Fsp3) is 0.111. The summed E-state index contributed by atoms with van der Waals surface area (Å²) in [6.07, 6.45) is 2.02. The number of halogens is 1. The Balaban J connectivity index is 1.50. The Kier molecular flexibility index (Phi) is 4.00. The molecule has 0 bridgehead atoms. The van der Waals surface area contributed by atoms with Crippen LogP contribution in [0.1, 0.15) is 38.9 Å². The van der Waals surface area contributed by atoms with Crippen molar-refractivity contribution >= 4 is 19.9 Å². The Hall–Kier alpha value is -2.61. The molecule has 29 heavy (non-hydrogen) atoms. The van der Waals surface area contributed by atoms with Crippen LogP contribution in [0.4, 0.5) is 0 Å². The lowest BCUT2D eigenvalue weighted by molar-refractivity contribution is 1.05. The van der Waals surface area contributed by atoms with Crippen LogP contribution in [0.5, 0.6) is 0 Å². The van der Waals surface area contributed by atoms with E-state index in [1.807, 2.05) is 0 Å². The summed E-state index contributed by atoms with van der Waals surface area (Å²) in [4.78, 5) is 0. The van der Waals surface area contributed by atoms with E-state index in [0.29, 0.717) is 8.83 Å². The minimum Gasteiger partial charge on any atom is -0.170 e. The molecule has 0 heterocycles. The molecular formula is C27H19ClSi. The smallest absolute Gasteiger partial charge is 0.170 e. The van der Waals surface area contributed by atoms with E-state index in [0.717, 1.165) is 12.8 Å². The molecule has 0 N–H and O–H groups in total. The molecule has 0 aromatic heterocycles. The average Bonchev–Trinajstić information content (AvgIpc) is 3.34. The molecule has 0 spiro atoms. The van der Waals surface area contributed by atoms with Crippen LogP contribution in [0.3, 0.4) is 0 Å². The lowest BCUT2D eigenvalue weighted by atomic mass is 9.91. The molecule has 0 fully saturated rings. The minimum atomic E-state index is 0.241. The predicted octanol–water partition coefficient (Wildman–Crippen LogP) is 6.78. The van der Waals surface area contributed by atoms with Gasteiger partial charge in [-0.15, -0.1) is 0 Å². The molecule has 2 aliphatic carbocycles. The van der Waals surface area contributed by atoms with E-state index in [9.17, 15) is 0 Å². The molecule has 0 unspecified atom stereocenters. The third-order valence-corrected chi connectivity index (χ3v) is 8.00. The van der Waals surface area contributed by atoms with Gasteiger partial charge in [0.05, 0.1) is 0 Å². The summed E-state index contributed by atoms with van der Waals surface area (Å²) in [5.41, 5.74) is 14.3. The molecule has 2 heteroatoms. The maximum Gasteiger partial charge on any atom is 0.184 e. The highest BCUT2D eigenvalue weighted by Crippen LogP contribution is 2.45. The van der Waals surface area contributed by atoms with Crippen LogP contribution in [0, 0.1) is 0 Å². The SMILES string of the molecule is Cl[Si]C(c1cccc2c1Cc1ccccc1-2)c1cccc2c1Cc1ccccc1-2. The van der Waals surface area contributed by atoms with Gasteiger partial charge >= 0.3 is 0 Å². The summed E-state index contributed by atoms with van der Waals surface area (Å²) in [5.74, 6) is 0. The van der Waals surface area contributed by atoms with Crippen LogP contribution in [-0.2, 0) is 12.8 Å². The first kappa shape index (κ1) is 17.3. The average molecular weight is 407 g/mol. The van der Waals surface area contributed by atoms with Crippen molar-refractivity contribution in [2.45, 2.75) is 18.4 Å². The Morgan fingerprint density at radius 1 is 0.552 bits per heavy atom. The van der Waals surface area contributed by atoms with Gasteiger partial charge in [-0.05, 0) is 68.5 Å². The van der Waals surface area contributed by atoms with Crippen molar-refractivity contribution in [1.82, 2.24) is 0 Å². The second kappa shape index (κ2) is 6.72. The number of fused-ring (bicyclic) bond motifs is 6. The van der Waals surface area contributed by atoms with E-state index < -0.39 is 0 Å². The summed E-state index contributed by atoms with van der Waals surface area (Å²) in [6, 6.07) is 31.1. The van der Waals surface area contributed by atoms with Crippen molar-refractivity contribution < 1.29 is 0 Å². The zero-order valence-electron chi connectivity index (χ0n) is 16.0. The highest BCUT2D eigenvalue weighted by molar-refractivity contribution is 6.94. The normalized spacial score (nSPS) is 13.2. The van der Waals surface area contributed by atoms with Gasteiger partial charge < -0.3 is 0 Å². The van der Waals surface area contributed by atoms with Crippen LogP contribution in [0.25, 0.3) is 22.3 Å². The molecular weight excluding hydrogens is 388 g/mol. The molecule has 0 saturated carbocycles. The first-order chi connectivity index (χ1) is 14.3. The molecule has 2 aliphatic rings. The Morgan fingerprint density at radius 2 is 1.00 bits per heavy atom. The second-order valence-corrected chi connectivity index (χ2v) is 9.41. The van der Waals surface area contributed by atoms with Gasteiger partial charge in [-0.3, -0.25) is 0 Å². The standard InChI is InChI=1S/C27H19ClSi/c28-29-27(23-13-5-11-21-19-9-3-1-7-17(19)15-25(21)23)24-14-6-12-22-20-10-4-2-8-18(20)16-26(22)24/h1-14,27H,15-16H2. The van der Waals surface area contributed by atoms with E-state index in [2.05, 4.69) is 84.9 Å². The number of hydrogen-bond donors (Lipinski definition) is 0. The fourth-order valence-electron chi connectivity index (χ4n) is 5.19. The van der Waals surface area contributed by atoms with Crippen molar-refractivity contribution in [3.8, 4) is 22.3 Å². The van der Waals surface area contributed by atoms with Crippen molar-refractivity contribution in [3.63, 3.8) is 0 Å². The van der Waals surface area contributed by atoms with Crippen LogP contribution >= 0.6 is 11.1 Å². The van der Waals surface area contributed by atoms with E-state index in [1.165, 1.54) is 55.6 Å². The van der Waals surface area contributed by atoms with E-state index in [1.54, 1.807) is 0 Å². The predicted molar refractivity (Wildman–Crippen MR) is 123 cm³/mol. The van der Waals surface area contributed by atoms with Gasteiger partial charge in [-0.1, -0.05) is 84.9 Å². The quantitative estimate of drug-likeness (QED) is 0.224. The Labute approximate surface area is 178 Å². The molecule has 0 amide bonds. The Morgan fingerprint density at radius 3 is 1.48 bits per heavy atom. The largest absolute Gasteiger partial charge is 0.184 e. The van der Waals surface area contributed by atoms with Gasteiger partial charge in [0.1, 0.15) is 0 Å². The number of benzene rings is 4. The second-order valence-electron chi connectivity index (χ2n) is 7.96. The lowest BCUT2D eigenvalue weighted by Crippen LogP contribution is -2.11. The zero-order valence-corrected chi connectivity index (χ0v) is 17.7. The molecule has 0 atom stereocenters. The number of rotatable bonds is 3. The van der Waals surface area contributed by atoms with Crippen LogP contribution in [0.2, 0.25) is 0 Å². The van der Waals surface area contributed by atoms with E-state index >= 15 is 0 Å². The molecule has 138 valence electrons. The van der Waals surface area contributed by atoms with Gasteiger partial charge in [0.2, 0.25) is 0 Å². The van der Waals surface area contributed by atoms with Crippen LogP contribution < -0.4 is 0 Å². The summed E-state index contributed by atoms with van der Waals surface area (Å²) in [5, 5.41) is 0. The maximum atomic E-state index is 6.69. The molecule has 4 aromatic rings. The topological polar surface area (TPSA) is 0 Å². The first-order valence-corrected chi connectivity index (χ1v) is 12.2. The highest BCUT2D eigenvalue weighted by atomic mass is 35.6. The molecule has 2 radical (unpaired) electrons. The minimum absolute atomic E-state index is 0.241. The van der Waals surface area contributed by atoms with Crippen LogP contribution in [0.15, 0.2) is 84.9 Å². The van der Waals surface area contributed by atoms with E-state index in [4.69, 9.17) is 11.1 Å². The monoisotopic (exact) mass is 406 g/mol. The molecule has 4 aromatic carbocycles. The maximum absolute atomic E-state index is 6.69. The molecule has 0 saturated heterocycles. The van der Waals surface area contributed by atoms with Crippen molar-refractivity contribution in [2.24, 2.45) is 0 Å².